The lowest BCUT2D eigenvalue weighted by molar-refractivity contribution is -0.122. The number of amides is 2. The first-order chi connectivity index (χ1) is 16.5. The molecule has 4 aliphatic rings. The van der Waals surface area contributed by atoms with E-state index in [1.165, 1.54) is 4.90 Å². The fourth-order valence-corrected chi connectivity index (χ4v) is 6.08. The fraction of sp³-hybridized carbons (Fsp3) is 0.276. The molecule has 34 heavy (non-hydrogen) atoms. The number of para-hydroxylation sites is 1. The van der Waals surface area contributed by atoms with Crippen LogP contribution < -0.4 is 4.90 Å². The van der Waals surface area contributed by atoms with Crippen LogP contribution in [0.25, 0.3) is 0 Å². The highest BCUT2D eigenvalue weighted by atomic mass is 16.5. The molecule has 1 aliphatic heterocycles. The van der Waals surface area contributed by atoms with Gasteiger partial charge in [-0.3, -0.25) is 9.59 Å². The van der Waals surface area contributed by atoms with Gasteiger partial charge in [-0.2, -0.15) is 0 Å². The summed E-state index contributed by atoms with van der Waals surface area (Å²) in [5, 5.41) is 0. The molecule has 1 fully saturated rings. The highest BCUT2D eigenvalue weighted by Crippen LogP contribution is 2.61. The molecule has 170 valence electrons. The van der Waals surface area contributed by atoms with Gasteiger partial charge in [-0.1, -0.05) is 74.5 Å². The van der Waals surface area contributed by atoms with E-state index in [1.807, 2.05) is 38.1 Å². The van der Waals surface area contributed by atoms with Gasteiger partial charge in [0.15, 0.2) is 0 Å². The first kappa shape index (κ1) is 20.8. The molecule has 5 heteroatoms. The van der Waals surface area contributed by atoms with Crippen LogP contribution >= 0.6 is 0 Å². The number of benzene rings is 3. The molecule has 3 aromatic carbocycles. The van der Waals surface area contributed by atoms with Gasteiger partial charge < -0.3 is 4.74 Å². The summed E-state index contributed by atoms with van der Waals surface area (Å²) in [4.78, 5) is 42.0. The molecule has 5 nitrogen and oxygen atoms in total. The number of carbonyl (C=O) groups excluding carboxylic acids is 3. The van der Waals surface area contributed by atoms with E-state index < -0.39 is 17.8 Å². The minimum atomic E-state index is -0.519. The summed E-state index contributed by atoms with van der Waals surface area (Å²) in [7, 11) is 0. The van der Waals surface area contributed by atoms with Crippen LogP contribution in [-0.4, -0.2) is 24.4 Å². The normalized spacial score (nSPS) is 24.1. The van der Waals surface area contributed by atoms with Gasteiger partial charge in [0.25, 0.3) is 0 Å². The molecule has 0 spiro atoms. The summed E-state index contributed by atoms with van der Waals surface area (Å²) in [5.74, 6) is -2.14. The molecule has 3 aliphatic carbocycles. The van der Waals surface area contributed by atoms with Crippen LogP contribution in [0, 0.1) is 17.8 Å². The number of carbonyl (C=O) groups is 3. The first-order valence-corrected chi connectivity index (χ1v) is 11.8. The molecule has 2 amide bonds. The third-order valence-corrected chi connectivity index (χ3v) is 7.36. The molecule has 2 atom stereocenters. The van der Waals surface area contributed by atoms with Gasteiger partial charge in [0.1, 0.15) is 0 Å². The number of nitrogens with zero attached hydrogens (tertiary/aromatic N) is 1. The minimum absolute atomic E-state index is 0.177. The van der Waals surface area contributed by atoms with Crippen molar-refractivity contribution in [3.63, 3.8) is 0 Å². The Morgan fingerprint density at radius 2 is 1.21 bits per heavy atom. The Morgan fingerprint density at radius 1 is 0.765 bits per heavy atom. The Labute approximate surface area is 198 Å². The van der Waals surface area contributed by atoms with E-state index in [0.717, 1.165) is 22.3 Å². The SMILES string of the molecule is CC(C)COC(=O)c1ccccc1N1C(=O)C2C3c4ccccc4C(c4ccccc43)C2C1=O. The number of esters is 1. The van der Waals surface area contributed by atoms with Crippen molar-refractivity contribution in [1.82, 2.24) is 0 Å². The average molecular weight is 452 g/mol. The molecule has 0 saturated carbocycles. The number of rotatable bonds is 4. The van der Waals surface area contributed by atoms with Gasteiger partial charge >= 0.3 is 5.97 Å². The van der Waals surface area contributed by atoms with E-state index in [1.54, 1.807) is 24.3 Å². The second-order valence-corrected chi connectivity index (χ2v) is 9.79. The Hall–Kier alpha value is -3.73. The van der Waals surface area contributed by atoms with Crippen LogP contribution in [0.5, 0.6) is 0 Å². The van der Waals surface area contributed by atoms with Crippen molar-refractivity contribution in [3.8, 4) is 0 Å². The third kappa shape index (κ3) is 2.82. The van der Waals surface area contributed by atoms with Gasteiger partial charge in [-0.15, -0.1) is 0 Å². The molecule has 0 aromatic heterocycles. The van der Waals surface area contributed by atoms with E-state index in [9.17, 15) is 14.4 Å². The van der Waals surface area contributed by atoms with Gasteiger partial charge in [-0.05, 0) is 40.3 Å². The van der Waals surface area contributed by atoms with Crippen LogP contribution in [0.1, 0.15) is 58.3 Å². The topological polar surface area (TPSA) is 63.7 Å². The predicted molar refractivity (Wildman–Crippen MR) is 128 cm³/mol. The Balaban J connectivity index is 1.46. The van der Waals surface area contributed by atoms with Crippen LogP contribution in [0.15, 0.2) is 72.8 Å². The molecule has 1 saturated heterocycles. The summed E-state index contributed by atoms with van der Waals surface area (Å²) < 4.78 is 5.45. The predicted octanol–water partition coefficient (Wildman–Crippen LogP) is 4.90. The van der Waals surface area contributed by atoms with Crippen molar-refractivity contribution in [3.05, 3.63) is 101 Å². The summed E-state index contributed by atoms with van der Waals surface area (Å²) in [6, 6.07) is 23.1. The molecular weight excluding hydrogens is 426 g/mol. The summed E-state index contributed by atoms with van der Waals surface area (Å²) >= 11 is 0. The Morgan fingerprint density at radius 3 is 1.68 bits per heavy atom. The molecule has 2 unspecified atom stereocenters. The molecular formula is C29H25NO4. The highest BCUT2D eigenvalue weighted by Gasteiger charge is 2.62. The molecule has 0 N–H and O–H groups in total. The van der Waals surface area contributed by atoms with Gasteiger partial charge in [0, 0.05) is 11.8 Å². The molecule has 3 aromatic rings. The van der Waals surface area contributed by atoms with Crippen LogP contribution in [0.3, 0.4) is 0 Å². The summed E-state index contributed by atoms with van der Waals surface area (Å²) in [5.41, 5.74) is 5.05. The number of ether oxygens (including phenoxy) is 1. The van der Waals surface area contributed by atoms with E-state index in [4.69, 9.17) is 4.74 Å². The minimum Gasteiger partial charge on any atom is -0.462 e. The van der Waals surface area contributed by atoms with Crippen LogP contribution in [-0.2, 0) is 14.3 Å². The number of imide groups is 1. The third-order valence-electron chi connectivity index (χ3n) is 7.36. The van der Waals surface area contributed by atoms with E-state index >= 15 is 0 Å². The molecule has 7 rings (SSSR count). The van der Waals surface area contributed by atoms with Crippen molar-refractivity contribution in [2.75, 3.05) is 11.5 Å². The van der Waals surface area contributed by atoms with Crippen LogP contribution in [0.4, 0.5) is 5.69 Å². The van der Waals surface area contributed by atoms with E-state index in [2.05, 4.69) is 24.3 Å². The molecule has 2 bridgehead atoms. The van der Waals surface area contributed by atoms with Gasteiger partial charge in [-0.25, -0.2) is 9.69 Å². The van der Waals surface area contributed by atoms with Crippen molar-refractivity contribution in [1.29, 1.82) is 0 Å². The van der Waals surface area contributed by atoms with Gasteiger partial charge in [0.05, 0.1) is 29.7 Å². The van der Waals surface area contributed by atoms with Crippen LogP contribution in [0.2, 0.25) is 0 Å². The van der Waals surface area contributed by atoms with Crippen molar-refractivity contribution < 1.29 is 19.1 Å². The second kappa shape index (κ2) is 7.66. The largest absolute Gasteiger partial charge is 0.462 e. The maximum atomic E-state index is 14.0. The van der Waals surface area contributed by atoms with Crippen molar-refractivity contribution in [2.24, 2.45) is 17.8 Å². The maximum Gasteiger partial charge on any atom is 0.340 e. The second-order valence-electron chi connectivity index (χ2n) is 9.79. The number of hydrogen-bond donors (Lipinski definition) is 0. The fourth-order valence-electron chi connectivity index (χ4n) is 6.08. The van der Waals surface area contributed by atoms with Crippen molar-refractivity contribution in [2.45, 2.75) is 25.7 Å². The zero-order valence-corrected chi connectivity index (χ0v) is 19.1. The average Bonchev–Trinajstić information content (AvgIpc) is 3.13. The molecule has 1 heterocycles. The van der Waals surface area contributed by atoms with Crippen molar-refractivity contribution >= 4 is 23.5 Å². The zero-order valence-electron chi connectivity index (χ0n) is 19.1. The molecule has 0 radical (unpaired) electrons. The smallest absolute Gasteiger partial charge is 0.340 e. The Kier molecular flexibility index (Phi) is 4.70. The lowest BCUT2D eigenvalue weighted by atomic mass is 9.55. The number of hydrogen-bond acceptors (Lipinski definition) is 4. The Bertz CT molecular complexity index is 1230. The van der Waals surface area contributed by atoms with E-state index in [-0.39, 0.29) is 41.7 Å². The summed E-state index contributed by atoms with van der Waals surface area (Å²) in [6.45, 7) is 4.19. The van der Waals surface area contributed by atoms with Gasteiger partial charge in [0.2, 0.25) is 11.8 Å². The van der Waals surface area contributed by atoms with E-state index in [0.29, 0.717) is 5.69 Å². The number of anilines is 1. The highest BCUT2D eigenvalue weighted by molar-refractivity contribution is 6.25. The monoisotopic (exact) mass is 451 g/mol. The lowest BCUT2D eigenvalue weighted by Crippen LogP contribution is -2.41. The standard InChI is InChI=1S/C29H25NO4/c1-16(2)15-34-29(33)21-13-7-8-14-22(21)30-27(31)25-23-17-9-3-4-10-18(17)24(26(25)28(30)32)20-12-6-5-11-19(20)23/h3-14,16,23-26H,15H2,1-2H3. The lowest BCUT2D eigenvalue weighted by Gasteiger charge is -2.45. The quantitative estimate of drug-likeness (QED) is 0.418. The zero-order chi connectivity index (χ0) is 23.6. The maximum absolute atomic E-state index is 14.0. The summed E-state index contributed by atoms with van der Waals surface area (Å²) in [6.07, 6.45) is 0. The first-order valence-electron chi connectivity index (χ1n) is 11.8.